The number of para-hydroxylation sites is 1. The lowest BCUT2D eigenvalue weighted by molar-refractivity contribution is -0.114. The van der Waals surface area contributed by atoms with Crippen molar-refractivity contribution in [2.45, 2.75) is 32.1 Å². The van der Waals surface area contributed by atoms with Gasteiger partial charge >= 0.3 is 0 Å². The Morgan fingerprint density at radius 2 is 1.65 bits per heavy atom. The summed E-state index contributed by atoms with van der Waals surface area (Å²) < 4.78 is 28.0. The van der Waals surface area contributed by atoms with Crippen molar-refractivity contribution < 1.29 is 13.2 Å². The number of benzene rings is 3. The molecule has 162 valence electrons. The van der Waals surface area contributed by atoms with Gasteiger partial charge in [0.1, 0.15) is 6.54 Å². The molecule has 0 spiro atoms. The molecule has 0 unspecified atom stereocenters. The Morgan fingerprint density at radius 1 is 0.968 bits per heavy atom. The van der Waals surface area contributed by atoms with Crippen molar-refractivity contribution in [1.29, 1.82) is 0 Å². The van der Waals surface area contributed by atoms with Crippen LogP contribution in [0.4, 0.5) is 11.4 Å². The van der Waals surface area contributed by atoms with E-state index in [-0.39, 0.29) is 11.4 Å². The lowest BCUT2D eigenvalue weighted by Crippen LogP contribution is -2.38. The van der Waals surface area contributed by atoms with Crippen LogP contribution in [0.25, 0.3) is 0 Å². The molecule has 0 atom stereocenters. The molecule has 1 N–H and O–H groups in total. The maximum atomic E-state index is 13.5. The molecule has 0 heterocycles. The van der Waals surface area contributed by atoms with E-state index in [0.29, 0.717) is 16.4 Å². The monoisotopic (exact) mass is 456 g/mol. The minimum Gasteiger partial charge on any atom is -0.324 e. The maximum Gasteiger partial charge on any atom is 0.264 e. The summed E-state index contributed by atoms with van der Waals surface area (Å²) in [5.41, 5.74) is 4.06. The van der Waals surface area contributed by atoms with Crippen molar-refractivity contribution >= 4 is 38.9 Å². The molecule has 3 aromatic carbocycles. The Kier molecular flexibility index (Phi) is 7.03. The predicted molar refractivity (Wildman–Crippen MR) is 126 cm³/mol. The SMILES string of the molecule is CCc1ccccc1NC(=O)CN(c1ccc(C)c(C)c1)S(=O)(=O)c1ccc(Cl)cc1. The van der Waals surface area contributed by atoms with Crippen LogP contribution < -0.4 is 9.62 Å². The van der Waals surface area contributed by atoms with E-state index >= 15 is 0 Å². The molecular formula is C24H25ClN2O3S. The fourth-order valence-corrected chi connectivity index (χ4v) is 4.74. The lowest BCUT2D eigenvalue weighted by atomic mass is 10.1. The second-order valence-electron chi connectivity index (χ2n) is 7.29. The Balaban J connectivity index is 1.98. The third-order valence-corrected chi connectivity index (χ3v) is 7.18. The van der Waals surface area contributed by atoms with Gasteiger partial charge in [-0.25, -0.2) is 8.42 Å². The average molecular weight is 457 g/mol. The van der Waals surface area contributed by atoms with E-state index in [4.69, 9.17) is 11.6 Å². The van der Waals surface area contributed by atoms with E-state index in [0.717, 1.165) is 27.4 Å². The molecule has 0 bridgehead atoms. The van der Waals surface area contributed by atoms with Gasteiger partial charge in [-0.2, -0.15) is 0 Å². The smallest absolute Gasteiger partial charge is 0.264 e. The molecule has 0 saturated heterocycles. The number of nitrogens with one attached hydrogen (secondary N) is 1. The van der Waals surface area contributed by atoms with E-state index in [9.17, 15) is 13.2 Å². The maximum absolute atomic E-state index is 13.5. The lowest BCUT2D eigenvalue weighted by Gasteiger charge is -2.25. The molecule has 0 aromatic heterocycles. The van der Waals surface area contributed by atoms with Crippen LogP contribution in [0.15, 0.2) is 71.6 Å². The summed E-state index contributed by atoms with van der Waals surface area (Å²) in [6, 6.07) is 18.7. The zero-order valence-electron chi connectivity index (χ0n) is 17.7. The second-order valence-corrected chi connectivity index (χ2v) is 9.59. The minimum atomic E-state index is -3.99. The van der Waals surface area contributed by atoms with Crippen LogP contribution in [0.3, 0.4) is 0 Å². The first-order valence-electron chi connectivity index (χ1n) is 9.95. The fourth-order valence-electron chi connectivity index (χ4n) is 3.20. The largest absolute Gasteiger partial charge is 0.324 e. The zero-order valence-corrected chi connectivity index (χ0v) is 19.3. The van der Waals surface area contributed by atoms with Crippen molar-refractivity contribution in [1.82, 2.24) is 0 Å². The van der Waals surface area contributed by atoms with Crippen molar-refractivity contribution in [3.63, 3.8) is 0 Å². The molecule has 1 amide bonds. The number of carbonyl (C=O) groups is 1. The Labute approximate surface area is 188 Å². The quantitative estimate of drug-likeness (QED) is 0.520. The normalized spacial score (nSPS) is 11.2. The van der Waals surface area contributed by atoms with Gasteiger partial charge in [-0.05, 0) is 79.4 Å². The average Bonchev–Trinajstić information content (AvgIpc) is 2.74. The van der Waals surface area contributed by atoms with Crippen molar-refractivity contribution in [3.8, 4) is 0 Å². The van der Waals surface area contributed by atoms with Crippen molar-refractivity contribution in [2.75, 3.05) is 16.2 Å². The number of sulfonamides is 1. The van der Waals surface area contributed by atoms with Crippen molar-refractivity contribution in [2.24, 2.45) is 0 Å². The number of nitrogens with zero attached hydrogens (tertiary/aromatic N) is 1. The van der Waals surface area contributed by atoms with Gasteiger partial charge in [-0.3, -0.25) is 9.10 Å². The molecule has 31 heavy (non-hydrogen) atoms. The summed E-state index contributed by atoms with van der Waals surface area (Å²) in [6.07, 6.45) is 0.750. The van der Waals surface area contributed by atoms with Gasteiger partial charge in [0.15, 0.2) is 0 Å². The van der Waals surface area contributed by atoms with Crippen molar-refractivity contribution in [3.05, 3.63) is 88.4 Å². The molecule has 0 fully saturated rings. The number of hydrogen-bond acceptors (Lipinski definition) is 3. The first kappa shape index (κ1) is 22.8. The van der Waals surface area contributed by atoms with E-state index in [1.54, 1.807) is 12.1 Å². The summed E-state index contributed by atoms with van der Waals surface area (Å²) in [7, 11) is -3.99. The Bertz CT molecular complexity index is 1190. The topological polar surface area (TPSA) is 66.5 Å². The highest BCUT2D eigenvalue weighted by Crippen LogP contribution is 2.27. The summed E-state index contributed by atoms with van der Waals surface area (Å²) in [5.74, 6) is -0.420. The van der Waals surface area contributed by atoms with E-state index in [2.05, 4.69) is 5.32 Å². The van der Waals surface area contributed by atoms with Gasteiger partial charge in [0.2, 0.25) is 5.91 Å². The van der Waals surface area contributed by atoms with Gasteiger partial charge in [0, 0.05) is 10.7 Å². The molecule has 5 nitrogen and oxygen atoms in total. The second kappa shape index (κ2) is 9.54. The number of carbonyl (C=O) groups excluding carboxylic acids is 1. The van der Waals surface area contributed by atoms with Gasteiger partial charge in [-0.1, -0.05) is 42.8 Å². The van der Waals surface area contributed by atoms with Crippen LogP contribution in [0.2, 0.25) is 5.02 Å². The summed E-state index contributed by atoms with van der Waals surface area (Å²) in [6.45, 7) is 5.50. The highest BCUT2D eigenvalue weighted by atomic mass is 35.5. The van der Waals surface area contributed by atoms with Crippen LogP contribution >= 0.6 is 11.6 Å². The first-order chi connectivity index (χ1) is 14.7. The van der Waals surface area contributed by atoms with Crippen LogP contribution in [0.5, 0.6) is 0 Å². The highest BCUT2D eigenvalue weighted by Gasteiger charge is 2.27. The Morgan fingerprint density at radius 3 is 2.29 bits per heavy atom. The standard InChI is InChI=1S/C24H25ClN2O3S/c1-4-19-7-5-6-8-23(19)26-24(28)16-27(21-12-9-17(2)18(3)15-21)31(29,30)22-13-10-20(25)11-14-22/h5-15H,4,16H2,1-3H3,(H,26,28). The van der Waals surface area contributed by atoms with E-state index in [1.165, 1.54) is 24.3 Å². The summed E-state index contributed by atoms with van der Waals surface area (Å²) in [5, 5.41) is 3.29. The number of hydrogen-bond donors (Lipinski definition) is 1. The molecule has 3 aromatic rings. The van der Waals surface area contributed by atoms with Gasteiger partial charge in [-0.15, -0.1) is 0 Å². The van der Waals surface area contributed by atoms with Gasteiger partial charge in [0.25, 0.3) is 10.0 Å². The highest BCUT2D eigenvalue weighted by molar-refractivity contribution is 7.92. The minimum absolute atomic E-state index is 0.0666. The molecule has 0 radical (unpaired) electrons. The van der Waals surface area contributed by atoms with Gasteiger partial charge < -0.3 is 5.32 Å². The first-order valence-corrected chi connectivity index (χ1v) is 11.8. The van der Waals surface area contributed by atoms with E-state index < -0.39 is 15.9 Å². The van der Waals surface area contributed by atoms with Crippen LogP contribution in [-0.2, 0) is 21.2 Å². The van der Waals surface area contributed by atoms with Crippen LogP contribution in [0.1, 0.15) is 23.6 Å². The Hall–Kier alpha value is -2.83. The number of aryl methyl sites for hydroxylation is 3. The molecule has 0 aliphatic heterocycles. The van der Waals surface area contributed by atoms with Gasteiger partial charge in [0.05, 0.1) is 10.6 Å². The van der Waals surface area contributed by atoms with Crippen LogP contribution in [-0.4, -0.2) is 20.9 Å². The molecule has 7 heteroatoms. The summed E-state index contributed by atoms with van der Waals surface area (Å²) >= 11 is 5.93. The van der Waals surface area contributed by atoms with Crippen LogP contribution in [0, 0.1) is 13.8 Å². The third kappa shape index (κ3) is 5.27. The molecule has 0 aliphatic carbocycles. The molecular weight excluding hydrogens is 432 g/mol. The fraction of sp³-hybridized carbons (Fsp3) is 0.208. The number of anilines is 2. The number of amides is 1. The number of rotatable bonds is 7. The predicted octanol–water partition coefficient (Wildman–Crippen LogP) is 5.35. The molecule has 3 rings (SSSR count). The van der Waals surface area contributed by atoms with E-state index in [1.807, 2.05) is 51.1 Å². The third-order valence-electron chi connectivity index (χ3n) is 5.14. The molecule has 0 aliphatic rings. The zero-order chi connectivity index (χ0) is 22.6. The summed E-state index contributed by atoms with van der Waals surface area (Å²) in [4.78, 5) is 13.0. The number of halogens is 1. The molecule has 0 saturated carbocycles.